The van der Waals surface area contributed by atoms with Gasteiger partial charge in [-0.3, -0.25) is 4.79 Å². The van der Waals surface area contributed by atoms with Crippen LogP contribution >= 0.6 is 24.2 Å². The van der Waals surface area contributed by atoms with Crippen molar-refractivity contribution in [2.75, 3.05) is 32.0 Å². The molecule has 6 rings (SSSR count). The van der Waals surface area contributed by atoms with E-state index in [0.29, 0.717) is 50.7 Å². The smallest absolute Gasteiger partial charge is 0.251 e. The van der Waals surface area contributed by atoms with Crippen LogP contribution in [0.4, 0.5) is 4.39 Å². The number of nitrogens with zero attached hydrogens (tertiary/aromatic N) is 4. The molecule has 0 radical (unpaired) electrons. The minimum atomic E-state index is -0.536. The Morgan fingerprint density at radius 2 is 2.06 bits per heavy atom. The normalized spacial score (nSPS) is 23.6. The SMILES string of the molecule is Cl.O=c1ccc2ccc(F)c3c2n1CCC3CN1CC[C@H](NCc2cc3c(nn2)OCCS3)[C@H](O)C1. The van der Waals surface area contributed by atoms with E-state index in [4.69, 9.17) is 4.74 Å². The van der Waals surface area contributed by atoms with Gasteiger partial charge in [0.05, 0.1) is 28.8 Å². The van der Waals surface area contributed by atoms with Crippen LogP contribution in [-0.4, -0.2) is 68.9 Å². The predicted octanol–water partition coefficient (Wildman–Crippen LogP) is 2.55. The number of likely N-dealkylation sites (tertiary alicyclic amines) is 1. The molecule has 3 aliphatic rings. The maximum Gasteiger partial charge on any atom is 0.251 e. The first-order chi connectivity index (χ1) is 17.1. The molecule has 1 aromatic carbocycles. The van der Waals surface area contributed by atoms with Gasteiger partial charge in [0, 0.05) is 55.5 Å². The fraction of sp³-hybridized carbons (Fsp3) is 0.480. The minimum Gasteiger partial charge on any atom is -0.475 e. The third-order valence-corrected chi connectivity index (χ3v) is 8.27. The number of pyridine rings is 1. The number of thioether (sulfide) groups is 1. The summed E-state index contributed by atoms with van der Waals surface area (Å²) in [5.41, 5.74) is 2.10. The number of hydrogen-bond donors (Lipinski definition) is 2. The molecule has 0 amide bonds. The van der Waals surface area contributed by atoms with Crippen LogP contribution in [0.5, 0.6) is 5.88 Å². The molecule has 0 spiro atoms. The van der Waals surface area contributed by atoms with Crippen molar-refractivity contribution in [2.45, 2.75) is 48.9 Å². The van der Waals surface area contributed by atoms with Crippen molar-refractivity contribution in [1.82, 2.24) is 25.0 Å². The van der Waals surface area contributed by atoms with Gasteiger partial charge in [-0.2, -0.15) is 5.10 Å². The quantitative estimate of drug-likeness (QED) is 0.517. The average molecular weight is 534 g/mol. The van der Waals surface area contributed by atoms with Gasteiger partial charge in [0.15, 0.2) is 0 Å². The third-order valence-electron chi connectivity index (χ3n) is 7.29. The monoisotopic (exact) mass is 533 g/mol. The summed E-state index contributed by atoms with van der Waals surface area (Å²) >= 11 is 1.72. The van der Waals surface area contributed by atoms with Crippen molar-refractivity contribution in [1.29, 1.82) is 0 Å². The van der Waals surface area contributed by atoms with E-state index in [2.05, 4.69) is 20.4 Å². The standard InChI is InChI=1S/C25H28FN5O3S.ClH/c26-18-3-1-15-2-4-22(33)31-8-5-16(23(18)24(15)31)13-30-7-6-19(20(32)14-30)27-12-17-11-21-25(29-28-17)34-9-10-35-21;/h1-4,11,16,19-20,27,32H,5-10,12-14H2;1H/t16?,19-,20+;/m0./s1. The lowest BCUT2D eigenvalue weighted by Gasteiger charge is -2.39. The second kappa shape index (κ2) is 10.6. The fourth-order valence-corrected chi connectivity index (χ4v) is 6.38. The molecule has 3 aliphatic heterocycles. The molecule has 192 valence electrons. The van der Waals surface area contributed by atoms with Crippen LogP contribution in [0.25, 0.3) is 10.9 Å². The Bertz CT molecular complexity index is 1320. The average Bonchev–Trinajstić information content (AvgIpc) is 2.87. The number of rotatable bonds is 5. The Labute approximate surface area is 218 Å². The number of β-amino-alcohol motifs (C(OH)–C–C–N with tert-alkyl or cyclic N) is 1. The topological polar surface area (TPSA) is 92.5 Å². The van der Waals surface area contributed by atoms with Crippen LogP contribution < -0.4 is 15.6 Å². The van der Waals surface area contributed by atoms with Gasteiger partial charge in [-0.1, -0.05) is 0 Å². The summed E-state index contributed by atoms with van der Waals surface area (Å²) in [6, 6.07) is 8.54. The zero-order chi connectivity index (χ0) is 23.9. The number of ether oxygens (including phenoxy) is 1. The first kappa shape index (κ1) is 25.4. The molecule has 0 bridgehead atoms. The third kappa shape index (κ3) is 4.84. The van der Waals surface area contributed by atoms with Crippen molar-refractivity contribution in [3.05, 3.63) is 57.8 Å². The van der Waals surface area contributed by atoms with Gasteiger partial charge in [-0.15, -0.1) is 29.3 Å². The zero-order valence-electron chi connectivity index (χ0n) is 19.7. The predicted molar refractivity (Wildman–Crippen MR) is 139 cm³/mol. The van der Waals surface area contributed by atoms with Gasteiger partial charge in [0.1, 0.15) is 5.82 Å². The maximum atomic E-state index is 15.0. The summed E-state index contributed by atoms with van der Waals surface area (Å²) < 4.78 is 22.2. The summed E-state index contributed by atoms with van der Waals surface area (Å²) in [7, 11) is 0. The summed E-state index contributed by atoms with van der Waals surface area (Å²) in [5, 5.41) is 23.6. The molecule has 0 aliphatic carbocycles. The van der Waals surface area contributed by atoms with Crippen molar-refractivity contribution in [2.24, 2.45) is 0 Å². The molecule has 1 unspecified atom stereocenters. The number of fused-ring (bicyclic) bond motifs is 1. The Hall–Kier alpha value is -2.24. The number of benzene rings is 1. The van der Waals surface area contributed by atoms with Crippen molar-refractivity contribution in [3.63, 3.8) is 0 Å². The van der Waals surface area contributed by atoms with Crippen LogP contribution in [0.1, 0.15) is 30.0 Å². The van der Waals surface area contributed by atoms with Crippen LogP contribution in [0, 0.1) is 5.82 Å². The van der Waals surface area contributed by atoms with Crippen molar-refractivity contribution in [3.8, 4) is 5.88 Å². The van der Waals surface area contributed by atoms with E-state index in [0.717, 1.165) is 40.2 Å². The highest BCUT2D eigenvalue weighted by Gasteiger charge is 2.32. The first-order valence-corrected chi connectivity index (χ1v) is 13.1. The van der Waals surface area contributed by atoms with Gasteiger partial charge in [0.2, 0.25) is 5.88 Å². The van der Waals surface area contributed by atoms with Gasteiger partial charge in [-0.05, 0) is 49.0 Å². The molecule has 2 aromatic heterocycles. The van der Waals surface area contributed by atoms with Gasteiger partial charge >= 0.3 is 0 Å². The molecule has 1 saturated heterocycles. The number of hydrogen-bond acceptors (Lipinski definition) is 8. The Morgan fingerprint density at radius 3 is 2.92 bits per heavy atom. The number of aryl methyl sites for hydroxylation is 1. The number of aliphatic hydroxyl groups is 1. The zero-order valence-corrected chi connectivity index (χ0v) is 21.4. The highest BCUT2D eigenvalue weighted by atomic mass is 35.5. The molecule has 11 heteroatoms. The Morgan fingerprint density at radius 1 is 1.19 bits per heavy atom. The van der Waals surface area contributed by atoms with Crippen LogP contribution in [0.2, 0.25) is 0 Å². The Balaban J connectivity index is 0.00000267. The highest BCUT2D eigenvalue weighted by Crippen LogP contribution is 2.35. The lowest BCUT2D eigenvalue weighted by atomic mass is 9.88. The number of nitrogens with one attached hydrogen (secondary N) is 1. The van der Waals surface area contributed by atoms with E-state index in [1.165, 1.54) is 6.07 Å². The lowest BCUT2D eigenvalue weighted by molar-refractivity contribution is 0.0363. The van der Waals surface area contributed by atoms with E-state index < -0.39 is 6.10 Å². The van der Waals surface area contributed by atoms with Crippen molar-refractivity contribution >= 4 is 35.1 Å². The summed E-state index contributed by atoms with van der Waals surface area (Å²) in [6.45, 7) is 3.77. The molecular formula is C25H29ClFN5O3S. The van der Waals surface area contributed by atoms with Crippen LogP contribution in [0.3, 0.4) is 0 Å². The van der Waals surface area contributed by atoms with Gasteiger partial charge < -0.3 is 24.6 Å². The summed E-state index contributed by atoms with van der Waals surface area (Å²) in [4.78, 5) is 15.6. The van der Waals surface area contributed by atoms with E-state index in [1.54, 1.807) is 34.5 Å². The first-order valence-electron chi connectivity index (χ1n) is 12.1. The number of aromatic nitrogens is 3. The van der Waals surface area contributed by atoms with Gasteiger partial charge in [-0.25, -0.2) is 4.39 Å². The molecule has 0 saturated carbocycles. The second-order valence-electron chi connectivity index (χ2n) is 9.51. The molecule has 2 N–H and O–H groups in total. The summed E-state index contributed by atoms with van der Waals surface area (Å²) in [6.07, 6.45) is 0.957. The van der Waals surface area contributed by atoms with Crippen molar-refractivity contribution < 1.29 is 14.2 Å². The molecule has 3 aromatic rings. The maximum absolute atomic E-state index is 15.0. The molecular weight excluding hydrogens is 505 g/mol. The number of aliphatic hydroxyl groups excluding tert-OH is 1. The molecule has 3 atom stereocenters. The molecule has 1 fully saturated rings. The number of piperidine rings is 1. The van der Waals surface area contributed by atoms with E-state index in [9.17, 15) is 14.3 Å². The number of halogens is 2. The highest BCUT2D eigenvalue weighted by molar-refractivity contribution is 7.99. The lowest BCUT2D eigenvalue weighted by Crippen LogP contribution is -2.53. The Kier molecular flexibility index (Phi) is 7.50. The molecule has 36 heavy (non-hydrogen) atoms. The van der Waals surface area contributed by atoms with Crippen LogP contribution in [-0.2, 0) is 13.1 Å². The van der Waals surface area contributed by atoms with Gasteiger partial charge in [0.25, 0.3) is 5.56 Å². The molecule has 5 heterocycles. The van der Waals surface area contributed by atoms with Crippen LogP contribution in [0.15, 0.2) is 40.0 Å². The van der Waals surface area contributed by atoms with E-state index >= 15 is 0 Å². The largest absolute Gasteiger partial charge is 0.475 e. The fourth-order valence-electron chi connectivity index (χ4n) is 5.55. The molecule has 8 nitrogen and oxygen atoms in total. The van der Waals surface area contributed by atoms with E-state index in [-0.39, 0.29) is 35.7 Å². The summed E-state index contributed by atoms with van der Waals surface area (Å²) in [5.74, 6) is 1.24. The minimum absolute atomic E-state index is 0. The van der Waals surface area contributed by atoms with E-state index in [1.807, 2.05) is 6.07 Å². The second-order valence-corrected chi connectivity index (χ2v) is 10.6.